The van der Waals surface area contributed by atoms with E-state index in [0.717, 1.165) is 38.0 Å². The van der Waals surface area contributed by atoms with Crippen LogP contribution in [0.25, 0.3) is 5.57 Å². The molecule has 0 saturated carbocycles. The lowest BCUT2D eigenvalue weighted by atomic mass is 9.97. The minimum absolute atomic E-state index is 0.231. The molecule has 16 heavy (non-hydrogen) atoms. The fourth-order valence-corrected chi connectivity index (χ4v) is 2.61. The number of para-hydroxylation sites is 1. The van der Waals surface area contributed by atoms with Crippen molar-refractivity contribution in [2.75, 3.05) is 6.61 Å². The lowest BCUT2D eigenvalue weighted by Crippen LogP contribution is -2.12. The second-order valence-electron chi connectivity index (χ2n) is 4.64. The van der Waals surface area contributed by atoms with Gasteiger partial charge in [-0.3, -0.25) is 0 Å². The van der Waals surface area contributed by atoms with E-state index in [-0.39, 0.29) is 6.04 Å². The molecule has 84 valence electrons. The number of hydrogen-bond acceptors (Lipinski definition) is 2. The highest BCUT2D eigenvalue weighted by Crippen LogP contribution is 2.37. The van der Waals surface area contributed by atoms with Crippen LogP contribution in [0.3, 0.4) is 0 Å². The van der Waals surface area contributed by atoms with Gasteiger partial charge in [-0.1, -0.05) is 24.3 Å². The second-order valence-corrected chi connectivity index (χ2v) is 4.64. The normalized spacial score (nSPS) is 23.6. The van der Waals surface area contributed by atoms with Crippen molar-refractivity contribution in [3.05, 3.63) is 35.4 Å². The van der Waals surface area contributed by atoms with Gasteiger partial charge in [0.15, 0.2) is 0 Å². The number of aryl methyl sites for hydroxylation is 1. The fourth-order valence-electron chi connectivity index (χ4n) is 2.61. The molecular weight excluding hydrogens is 198 g/mol. The first-order valence-corrected chi connectivity index (χ1v) is 6.06. The fraction of sp³-hybridized carbons (Fsp3) is 0.429. The molecule has 0 spiro atoms. The van der Waals surface area contributed by atoms with E-state index in [9.17, 15) is 0 Å². The highest BCUT2D eigenvalue weighted by atomic mass is 16.5. The van der Waals surface area contributed by atoms with E-state index in [2.05, 4.69) is 24.3 Å². The van der Waals surface area contributed by atoms with E-state index in [1.165, 1.54) is 16.7 Å². The molecule has 2 N–H and O–H groups in total. The molecule has 1 aromatic carbocycles. The minimum Gasteiger partial charge on any atom is -0.493 e. The summed E-state index contributed by atoms with van der Waals surface area (Å²) in [5, 5.41) is 0. The van der Waals surface area contributed by atoms with Crippen molar-refractivity contribution in [2.45, 2.75) is 31.7 Å². The Morgan fingerprint density at radius 3 is 3.00 bits per heavy atom. The molecule has 3 rings (SSSR count). The van der Waals surface area contributed by atoms with Crippen molar-refractivity contribution in [3.8, 4) is 5.75 Å². The molecule has 2 nitrogen and oxygen atoms in total. The van der Waals surface area contributed by atoms with Crippen LogP contribution in [-0.4, -0.2) is 12.6 Å². The number of nitrogens with two attached hydrogens (primary N) is 1. The number of ether oxygens (including phenoxy) is 1. The number of allylic oxidation sites excluding steroid dienone is 1. The smallest absolute Gasteiger partial charge is 0.129 e. The lowest BCUT2D eigenvalue weighted by Gasteiger charge is -2.20. The predicted octanol–water partition coefficient (Wildman–Crippen LogP) is 2.52. The third-order valence-electron chi connectivity index (χ3n) is 3.44. The van der Waals surface area contributed by atoms with Crippen LogP contribution in [-0.2, 0) is 6.42 Å². The topological polar surface area (TPSA) is 35.2 Å². The Bertz CT molecular complexity index is 436. The Labute approximate surface area is 96.1 Å². The van der Waals surface area contributed by atoms with E-state index >= 15 is 0 Å². The molecule has 1 aliphatic carbocycles. The highest BCUT2D eigenvalue weighted by molar-refractivity contribution is 5.74. The van der Waals surface area contributed by atoms with Gasteiger partial charge in [0.05, 0.1) is 6.61 Å². The zero-order valence-corrected chi connectivity index (χ0v) is 9.41. The molecule has 0 amide bonds. The molecule has 2 heteroatoms. The summed E-state index contributed by atoms with van der Waals surface area (Å²) in [6.45, 7) is 0.851. The summed E-state index contributed by atoms with van der Waals surface area (Å²) < 4.78 is 5.82. The van der Waals surface area contributed by atoms with Gasteiger partial charge in [-0.2, -0.15) is 0 Å². The van der Waals surface area contributed by atoms with Gasteiger partial charge in [0.2, 0.25) is 0 Å². The van der Waals surface area contributed by atoms with Crippen molar-refractivity contribution < 1.29 is 4.74 Å². The van der Waals surface area contributed by atoms with Crippen molar-refractivity contribution in [3.63, 3.8) is 0 Å². The van der Waals surface area contributed by atoms with Crippen LogP contribution in [0.5, 0.6) is 5.75 Å². The first kappa shape index (κ1) is 9.91. The molecule has 2 aliphatic rings. The van der Waals surface area contributed by atoms with Gasteiger partial charge in [-0.25, -0.2) is 0 Å². The molecule has 1 unspecified atom stereocenters. The van der Waals surface area contributed by atoms with Crippen LogP contribution >= 0.6 is 0 Å². The molecular formula is C14H17NO. The average molecular weight is 215 g/mol. The average Bonchev–Trinajstić information content (AvgIpc) is 2.75. The number of rotatable bonds is 1. The van der Waals surface area contributed by atoms with Gasteiger partial charge < -0.3 is 10.5 Å². The van der Waals surface area contributed by atoms with E-state index in [1.54, 1.807) is 0 Å². The lowest BCUT2D eigenvalue weighted by molar-refractivity contribution is 0.287. The minimum atomic E-state index is 0.231. The Hall–Kier alpha value is -1.28. The van der Waals surface area contributed by atoms with Crippen molar-refractivity contribution in [2.24, 2.45) is 5.73 Å². The predicted molar refractivity (Wildman–Crippen MR) is 65.4 cm³/mol. The molecule has 0 bridgehead atoms. The molecule has 1 atom stereocenters. The number of benzene rings is 1. The van der Waals surface area contributed by atoms with E-state index < -0.39 is 0 Å². The summed E-state index contributed by atoms with van der Waals surface area (Å²) in [6.07, 6.45) is 6.62. The molecule has 0 saturated heterocycles. The number of hydrogen-bond donors (Lipinski definition) is 1. The molecule has 0 radical (unpaired) electrons. The van der Waals surface area contributed by atoms with Gasteiger partial charge in [0, 0.05) is 11.6 Å². The van der Waals surface area contributed by atoms with Crippen molar-refractivity contribution >= 4 is 5.57 Å². The monoisotopic (exact) mass is 215 g/mol. The maximum atomic E-state index is 5.92. The third-order valence-corrected chi connectivity index (χ3v) is 3.44. The standard InChI is InChI=1S/C14H17NO/c15-12-7-6-11(9-12)13-5-1-3-10-4-2-8-16-14(10)13/h1,3,5,9,12H,2,4,6-8,15H2. The molecule has 1 aromatic rings. The van der Waals surface area contributed by atoms with Crippen molar-refractivity contribution in [1.29, 1.82) is 0 Å². The summed E-state index contributed by atoms with van der Waals surface area (Å²) in [4.78, 5) is 0. The molecule has 0 fully saturated rings. The summed E-state index contributed by atoms with van der Waals surface area (Å²) in [5.41, 5.74) is 9.91. The van der Waals surface area contributed by atoms with Crippen LogP contribution in [0.4, 0.5) is 0 Å². The molecule has 0 aromatic heterocycles. The molecule has 1 aliphatic heterocycles. The Kier molecular flexibility index (Phi) is 2.44. The Balaban J connectivity index is 2.04. The first-order chi connectivity index (χ1) is 7.84. The molecule has 1 heterocycles. The summed E-state index contributed by atoms with van der Waals surface area (Å²) in [7, 11) is 0. The summed E-state index contributed by atoms with van der Waals surface area (Å²) >= 11 is 0. The quantitative estimate of drug-likeness (QED) is 0.781. The van der Waals surface area contributed by atoms with Crippen LogP contribution in [0.15, 0.2) is 24.3 Å². The largest absolute Gasteiger partial charge is 0.493 e. The van der Waals surface area contributed by atoms with Gasteiger partial charge in [-0.05, 0) is 36.8 Å². The van der Waals surface area contributed by atoms with Crippen LogP contribution < -0.4 is 10.5 Å². The van der Waals surface area contributed by atoms with E-state index in [4.69, 9.17) is 10.5 Å². The van der Waals surface area contributed by atoms with Crippen LogP contribution in [0, 0.1) is 0 Å². The zero-order chi connectivity index (χ0) is 11.0. The van der Waals surface area contributed by atoms with Crippen LogP contribution in [0.1, 0.15) is 30.4 Å². The maximum Gasteiger partial charge on any atom is 0.129 e. The SMILES string of the molecule is NC1C=C(c2cccc3c2OCCC3)CC1. The van der Waals surface area contributed by atoms with Crippen LogP contribution in [0.2, 0.25) is 0 Å². The summed E-state index contributed by atoms with van der Waals surface area (Å²) in [5.74, 6) is 1.11. The Morgan fingerprint density at radius 1 is 1.25 bits per heavy atom. The van der Waals surface area contributed by atoms with Gasteiger partial charge >= 0.3 is 0 Å². The van der Waals surface area contributed by atoms with Gasteiger partial charge in [0.1, 0.15) is 5.75 Å². The second kappa shape index (κ2) is 3.95. The summed E-state index contributed by atoms with van der Waals surface area (Å²) in [6, 6.07) is 6.70. The highest BCUT2D eigenvalue weighted by Gasteiger charge is 2.20. The maximum absolute atomic E-state index is 5.92. The van der Waals surface area contributed by atoms with Gasteiger partial charge in [-0.15, -0.1) is 0 Å². The first-order valence-electron chi connectivity index (χ1n) is 6.06. The number of fused-ring (bicyclic) bond motifs is 1. The van der Waals surface area contributed by atoms with E-state index in [0.29, 0.717) is 0 Å². The van der Waals surface area contributed by atoms with Gasteiger partial charge in [0.25, 0.3) is 0 Å². The van der Waals surface area contributed by atoms with E-state index in [1.807, 2.05) is 0 Å². The zero-order valence-electron chi connectivity index (χ0n) is 9.41. The van der Waals surface area contributed by atoms with Crippen molar-refractivity contribution in [1.82, 2.24) is 0 Å². The Morgan fingerprint density at radius 2 is 2.19 bits per heavy atom. The third kappa shape index (κ3) is 1.63.